The van der Waals surface area contributed by atoms with E-state index in [9.17, 15) is 13.2 Å². The first-order valence-electron chi connectivity index (χ1n) is 6.05. The number of alkyl halides is 3. The van der Waals surface area contributed by atoms with E-state index in [1.165, 1.54) is 0 Å². The van der Waals surface area contributed by atoms with Crippen LogP contribution in [0.5, 0.6) is 0 Å². The van der Waals surface area contributed by atoms with Crippen molar-refractivity contribution in [3.05, 3.63) is 22.8 Å². The molecular weight excluding hydrogens is 279 g/mol. The predicted octanol–water partition coefficient (Wildman–Crippen LogP) is 3.26. The Morgan fingerprint density at radius 2 is 2.21 bits per heavy atom. The number of anilines is 1. The number of likely N-dealkylation sites (tertiary alicyclic amines) is 1. The number of hydrogen-bond acceptors (Lipinski definition) is 3. The van der Waals surface area contributed by atoms with E-state index in [0.29, 0.717) is 12.6 Å². The third-order valence-corrected chi connectivity index (χ3v) is 3.51. The van der Waals surface area contributed by atoms with Crippen LogP contribution in [0.3, 0.4) is 0 Å². The minimum absolute atomic E-state index is 0.155. The average Bonchev–Trinajstić information content (AvgIpc) is 2.70. The van der Waals surface area contributed by atoms with Crippen molar-refractivity contribution in [2.24, 2.45) is 0 Å². The molecule has 0 saturated carbocycles. The molecule has 1 aliphatic rings. The highest BCUT2D eigenvalue weighted by atomic mass is 35.5. The van der Waals surface area contributed by atoms with Crippen LogP contribution in [0, 0.1) is 0 Å². The topological polar surface area (TPSA) is 28.2 Å². The van der Waals surface area contributed by atoms with E-state index in [2.05, 4.69) is 15.2 Å². The fourth-order valence-electron chi connectivity index (χ4n) is 2.21. The highest BCUT2D eigenvalue weighted by Gasteiger charge is 2.31. The second-order valence-electron chi connectivity index (χ2n) is 4.72. The number of pyridine rings is 1. The van der Waals surface area contributed by atoms with Gasteiger partial charge in [0.25, 0.3) is 0 Å². The minimum Gasteiger partial charge on any atom is -0.368 e. The minimum atomic E-state index is -4.41. The van der Waals surface area contributed by atoms with Crippen LogP contribution in [0.25, 0.3) is 0 Å². The SMILES string of the molecule is CN1CCCC1CNc1cc(C(F)(F)F)cc(Cl)n1. The zero-order valence-corrected chi connectivity index (χ0v) is 11.2. The average molecular weight is 294 g/mol. The van der Waals surface area contributed by atoms with Gasteiger partial charge in [-0.3, -0.25) is 0 Å². The Labute approximate surface area is 114 Å². The molecule has 1 atom stereocenters. The molecule has 19 heavy (non-hydrogen) atoms. The fraction of sp³-hybridized carbons (Fsp3) is 0.583. The fourth-order valence-corrected chi connectivity index (χ4v) is 2.42. The summed E-state index contributed by atoms with van der Waals surface area (Å²) in [6, 6.07) is 2.14. The number of nitrogens with zero attached hydrogens (tertiary/aromatic N) is 2. The summed E-state index contributed by atoms with van der Waals surface area (Å²) in [5, 5.41) is 2.78. The summed E-state index contributed by atoms with van der Waals surface area (Å²) in [4.78, 5) is 6.05. The summed E-state index contributed by atoms with van der Waals surface area (Å²) in [6.07, 6.45) is -2.26. The maximum Gasteiger partial charge on any atom is 0.416 e. The molecule has 1 fully saturated rings. The van der Waals surface area contributed by atoms with Gasteiger partial charge in [0.15, 0.2) is 0 Å². The Morgan fingerprint density at radius 1 is 1.47 bits per heavy atom. The number of rotatable bonds is 3. The van der Waals surface area contributed by atoms with Gasteiger partial charge in [-0.1, -0.05) is 11.6 Å². The summed E-state index contributed by atoms with van der Waals surface area (Å²) < 4.78 is 37.9. The van der Waals surface area contributed by atoms with E-state index in [1.807, 2.05) is 7.05 Å². The number of nitrogens with one attached hydrogen (secondary N) is 1. The van der Waals surface area contributed by atoms with Crippen LogP contribution in [0.15, 0.2) is 12.1 Å². The number of likely N-dealkylation sites (N-methyl/N-ethyl adjacent to an activating group) is 1. The van der Waals surface area contributed by atoms with Crippen LogP contribution in [0.4, 0.5) is 19.0 Å². The summed E-state index contributed by atoms with van der Waals surface area (Å²) in [6.45, 7) is 1.59. The molecule has 1 N–H and O–H groups in total. The zero-order valence-electron chi connectivity index (χ0n) is 10.5. The van der Waals surface area contributed by atoms with Crippen molar-refractivity contribution in [3.8, 4) is 0 Å². The summed E-state index contributed by atoms with van der Waals surface area (Å²) >= 11 is 5.62. The van der Waals surface area contributed by atoms with E-state index in [0.717, 1.165) is 31.5 Å². The monoisotopic (exact) mass is 293 g/mol. The molecule has 0 aromatic carbocycles. The zero-order chi connectivity index (χ0) is 14.0. The molecule has 2 rings (SSSR count). The summed E-state index contributed by atoms with van der Waals surface area (Å²) in [5.41, 5.74) is -0.783. The van der Waals surface area contributed by atoms with Crippen LogP contribution >= 0.6 is 11.6 Å². The molecule has 1 unspecified atom stereocenters. The van der Waals surface area contributed by atoms with Crippen LogP contribution in [0.1, 0.15) is 18.4 Å². The molecule has 106 valence electrons. The van der Waals surface area contributed by atoms with Gasteiger partial charge in [0.05, 0.1) is 5.56 Å². The van der Waals surface area contributed by atoms with Crippen LogP contribution in [-0.4, -0.2) is 36.1 Å². The molecule has 0 bridgehead atoms. The molecule has 1 aliphatic heterocycles. The van der Waals surface area contributed by atoms with Gasteiger partial charge in [0.2, 0.25) is 0 Å². The van der Waals surface area contributed by atoms with Crippen molar-refractivity contribution in [3.63, 3.8) is 0 Å². The van der Waals surface area contributed by atoms with Crippen LogP contribution in [-0.2, 0) is 6.18 Å². The van der Waals surface area contributed by atoms with Crippen LogP contribution in [0.2, 0.25) is 5.15 Å². The predicted molar refractivity (Wildman–Crippen MR) is 68.4 cm³/mol. The lowest BCUT2D eigenvalue weighted by Gasteiger charge is -2.20. The maximum absolute atomic E-state index is 12.6. The Kier molecular flexibility index (Phi) is 4.20. The van der Waals surface area contributed by atoms with E-state index >= 15 is 0 Å². The first-order valence-corrected chi connectivity index (χ1v) is 6.43. The number of aromatic nitrogens is 1. The quantitative estimate of drug-likeness (QED) is 0.867. The van der Waals surface area contributed by atoms with E-state index in [1.54, 1.807) is 0 Å². The van der Waals surface area contributed by atoms with E-state index < -0.39 is 11.7 Å². The van der Waals surface area contributed by atoms with Gasteiger partial charge in [-0.25, -0.2) is 4.98 Å². The molecule has 0 radical (unpaired) electrons. The molecule has 2 heterocycles. The Hall–Kier alpha value is -1.01. The molecule has 1 aromatic rings. The molecule has 3 nitrogen and oxygen atoms in total. The Balaban J connectivity index is 2.06. The Morgan fingerprint density at radius 3 is 2.79 bits per heavy atom. The van der Waals surface area contributed by atoms with Crippen molar-refractivity contribution >= 4 is 17.4 Å². The Bertz CT molecular complexity index is 450. The summed E-state index contributed by atoms with van der Waals surface area (Å²) in [7, 11) is 2.01. The van der Waals surface area contributed by atoms with Gasteiger partial charge in [0, 0.05) is 12.6 Å². The van der Waals surface area contributed by atoms with E-state index in [-0.39, 0.29) is 11.0 Å². The third-order valence-electron chi connectivity index (χ3n) is 3.31. The summed E-state index contributed by atoms with van der Waals surface area (Å²) in [5.74, 6) is 0.167. The molecule has 0 spiro atoms. The number of hydrogen-bond donors (Lipinski definition) is 1. The molecular formula is C12H15ClF3N3. The third kappa shape index (κ3) is 3.73. The van der Waals surface area contributed by atoms with Crippen molar-refractivity contribution < 1.29 is 13.2 Å². The highest BCUT2D eigenvalue weighted by Crippen LogP contribution is 2.32. The van der Waals surface area contributed by atoms with Crippen molar-refractivity contribution in [1.29, 1.82) is 0 Å². The highest BCUT2D eigenvalue weighted by molar-refractivity contribution is 6.29. The van der Waals surface area contributed by atoms with Gasteiger partial charge in [-0.15, -0.1) is 0 Å². The second kappa shape index (κ2) is 5.54. The lowest BCUT2D eigenvalue weighted by molar-refractivity contribution is -0.137. The first kappa shape index (κ1) is 14.4. The number of halogens is 4. The molecule has 0 aliphatic carbocycles. The van der Waals surface area contributed by atoms with E-state index in [4.69, 9.17) is 11.6 Å². The van der Waals surface area contributed by atoms with Gasteiger partial charge < -0.3 is 10.2 Å². The molecule has 0 amide bonds. The lowest BCUT2D eigenvalue weighted by Crippen LogP contribution is -2.31. The first-order chi connectivity index (χ1) is 8.86. The molecule has 7 heteroatoms. The van der Waals surface area contributed by atoms with Crippen LogP contribution < -0.4 is 5.32 Å². The maximum atomic E-state index is 12.6. The van der Waals surface area contributed by atoms with Crippen molar-refractivity contribution in [2.45, 2.75) is 25.1 Å². The molecule has 1 saturated heterocycles. The second-order valence-corrected chi connectivity index (χ2v) is 5.11. The van der Waals surface area contributed by atoms with Gasteiger partial charge in [-0.2, -0.15) is 13.2 Å². The standard InChI is InChI=1S/C12H15ClF3N3/c1-19-4-2-3-9(19)7-17-11-6-8(12(14,15)16)5-10(13)18-11/h5-6,9H,2-4,7H2,1H3,(H,17,18). The largest absolute Gasteiger partial charge is 0.416 e. The van der Waals surface area contributed by atoms with Crippen molar-refractivity contribution in [1.82, 2.24) is 9.88 Å². The van der Waals surface area contributed by atoms with Crippen molar-refractivity contribution in [2.75, 3.05) is 25.5 Å². The van der Waals surface area contributed by atoms with Gasteiger partial charge in [0.1, 0.15) is 11.0 Å². The van der Waals surface area contributed by atoms with Gasteiger partial charge in [-0.05, 0) is 38.6 Å². The van der Waals surface area contributed by atoms with Gasteiger partial charge >= 0.3 is 6.18 Å². The normalized spacial score (nSPS) is 20.8. The lowest BCUT2D eigenvalue weighted by atomic mass is 10.2. The smallest absolute Gasteiger partial charge is 0.368 e. The molecule has 1 aromatic heterocycles.